The number of hydrogen-bond donors (Lipinski definition) is 1. The highest BCUT2D eigenvalue weighted by Crippen LogP contribution is 2.49. The van der Waals surface area contributed by atoms with Crippen LogP contribution in [0.4, 0.5) is 0 Å². The van der Waals surface area contributed by atoms with Gasteiger partial charge in [0.15, 0.2) is 0 Å². The molecule has 1 aliphatic heterocycles. The summed E-state index contributed by atoms with van der Waals surface area (Å²) < 4.78 is 17.0. The minimum Gasteiger partial charge on any atom is -0.385 e. The van der Waals surface area contributed by atoms with Crippen molar-refractivity contribution in [1.82, 2.24) is 4.90 Å². The second-order valence-electron chi connectivity index (χ2n) is 9.47. The summed E-state index contributed by atoms with van der Waals surface area (Å²) in [5.41, 5.74) is 8.55. The molecule has 0 amide bonds. The van der Waals surface area contributed by atoms with E-state index >= 15 is 0 Å². The first kappa shape index (κ1) is 20.5. The fourth-order valence-corrected chi connectivity index (χ4v) is 6.66. The molecule has 2 N–H and O–H groups in total. The van der Waals surface area contributed by atoms with E-state index in [1.54, 1.807) is 5.57 Å². The Morgan fingerprint density at radius 1 is 0.714 bits per heavy atom. The van der Waals surface area contributed by atoms with Crippen LogP contribution < -0.4 is 5.73 Å². The van der Waals surface area contributed by atoms with Gasteiger partial charge in [-0.05, 0) is 82.1 Å². The predicted molar refractivity (Wildman–Crippen MR) is 111 cm³/mol. The summed E-state index contributed by atoms with van der Waals surface area (Å²) in [6, 6.07) is 1.18. The van der Waals surface area contributed by atoms with Gasteiger partial charge in [0.25, 0.3) is 0 Å². The minimum atomic E-state index is 0.392. The summed E-state index contributed by atoms with van der Waals surface area (Å²) in [5.74, 6) is 2.35. The van der Waals surface area contributed by atoms with Crippen molar-refractivity contribution in [2.24, 2.45) is 17.6 Å². The number of nitrogens with two attached hydrogens (primary N) is 1. The topological polar surface area (TPSA) is 57.0 Å². The number of nitrogens with zero attached hydrogens (tertiary/aromatic N) is 1. The van der Waals surface area contributed by atoms with Gasteiger partial charge in [0.1, 0.15) is 0 Å². The molecule has 0 spiro atoms. The maximum Gasteiger partial charge on any atom is 0.0989 e. The van der Waals surface area contributed by atoms with Crippen molar-refractivity contribution in [2.45, 2.75) is 101 Å². The van der Waals surface area contributed by atoms with Crippen molar-refractivity contribution >= 4 is 0 Å². The average molecular weight is 393 g/mol. The molecule has 5 nitrogen and oxygen atoms in total. The first-order chi connectivity index (χ1) is 13.7. The van der Waals surface area contributed by atoms with Crippen LogP contribution in [0.1, 0.15) is 70.6 Å². The quantitative estimate of drug-likeness (QED) is 0.771. The molecule has 1 heterocycles. The zero-order valence-electron chi connectivity index (χ0n) is 18.1. The monoisotopic (exact) mass is 392 g/mol. The molecule has 0 bridgehead atoms. The molecule has 28 heavy (non-hydrogen) atoms. The Balaban J connectivity index is 1.55. The fraction of sp³-hybridized carbons (Fsp3) is 0.913. The Labute approximate surface area is 170 Å². The van der Waals surface area contributed by atoms with Gasteiger partial charge in [-0.1, -0.05) is 0 Å². The van der Waals surface area contributed by atoms with E-state index in [0.717, 1.165) is 25.1 Å². The lowest BCUT2D eigenvalue weighted by atomic mass is 9.72. The number of ether oxygens (including phenoxy) is 3. The van der Waals surface area contributed by atoms with E-state index in [1.807, 2.05) is 21.3 Å². The maximum absolute atomic E-state index is 6.97. The predicted octanol–water partition coefficient (Wildman–Crippen LogP) is 3.82. The van der Waals surface area contributed by atoms with Crippen LogP contribution in [0.15, 0.2) is 11.4 Å². The lowest BCUT2D eigenvalue weighted by molar-refractivity contribution is 0.00518. The van der Waals surface area contributed by atoms with Gasteiger partial charge in [-0.15, -0.1) is 0 Å². The summed E-state index contributed by atoms with van der Waals surface area (Å²) in [6.45, 7) is 0. The van der Waals surface area contributed by atoms with Gasteiger partial charge in [-0.3, -0.25) is 0 Å². The number of methoxy groups -OCH3 is 3. The van der Waals surface area contributed by atoms with E-state index < -0.39 is 0 Å². The molecule has 0 aromatic carbocycles. The number of hydrogen-bond acceptors (Lipinski definition) is 5. The van der Waals surface area contributed by atoms with Crippen LogP contribution in [0.5, 0.6) is 0 Å². The van der Waals surface area contributed by atoms with E-state index in [2.05, 4.69) is 4.90 Å². The first-order valence-corrected chi connectivity index (χ1v) is 11.5. The number of rotatable bonds is 5. The molecule has 0 aromatic rings. The lowest BCUT2D eigenvalue weighted by Crippen LogP contribution is -2.48. The highest BCUT2D eigenvalue weighted by atomic mass is 16.5. The standard InChI is InChI=1S/C23H40N2O3/c1-26-17-8-4-15(5-9-17)22-20-14-19(28-3)12-13-21(20)25(23(22)24)16-6-10-18(27-2)11-7-16/h15-21H,4-14,24H2,1-3H3. The van der Waals surface area contributed by atoms with Crippen LogP contribution in [-0.2, 0) is 14.2 Å². The third kappa shape index (κ3) is 3.82. The van der Waals surface area contributed by atoms with Crippen molar-refractivity contribution < 1.29 is 14.2 Å². The third-order valence-corrected chi connectivity index (χ3v) is 8.25. The first-order valence-electron chi connectivity index (χ1n) is 11.5. The van der Waals surface area contributed by atoms with E-state index in [4.69, 9.17) is 19.9 Å². The summed E-state index contributed by atoms with van der Waals surface area (Å²) in [7, 11) is 5.58. The van der Waals surface area contributed by atoms with Gasteiger partial charge in [-0.25, -0.2) is 0 Å². The van der Waals surface area contributed by atoms with Gasteiger partial charge in [0.2, 0.25) is 0 Å². The van der Waals surface area contributed by atoms with Crippen LogP contribution in [0.3, 0.4) is 0 Å². The molecule has 0 saturated heterocycles. The fourth-order valence-electron chi connectivity index (χ4n) is 6.66. The Bertz CT molecular complexity index is 550. The van der Waals surface area contributed by atoms with E-state index in [9.17, 15) is 0 Å². The average Bonchev–Trinajstić information content (AvgIpc) is 3.04. The van der Waals surface area contributed by atoms with Crippen molar-refractivity contribution in [1.29, 1.82) is 0 Å². The van der Waals surface area contributed by atoms with Crippen LogP contribution in [0.2, 0.25) is 0 Å². The molecule has 4 aliphatic rings. The Hall–Kier alpha value is -0.780. The molecular formula is C23H40N2O3. The molecule has 3 unspecified atom stereocenters. The Morgan fingerprint density at radius 2 is 1.25 bits per heavy atom. The van der Waals surface area contributed by atoms with Crippen molar-refractivity contribution in [3.8, 4) is 0 Å². The summed E-state index contributed by atoms with van der Waals surface area (Å²) >= 11 is 0. The molecule has 5 heteroatoms. The molecule has 4 rings (SSSR count). The second kappa shape index (κ2) is 8.93. The van der Waals surface area contributed by atoms with Crippen molar-refractivity contribution in [3.63, 3.8) is 0 Å². The molecule has 0 aromatic heterocycles. The molecule has 160 valence electrons. The largest absolute Gasteiger partial charge is 0.385 e. The van der Waals surface area contributed by atoms with Crippen LogP contribution >= 0.6 is 0 Å². The third-order valence-electron chi connectivity index (χ3n) is 8.25. The van der Waals surface area contributed by atoms with E-state index in [1.165, 1.54) is 51.4 Å². The molecule has 3 aliphatic carbocycles. The smallest absolute Gasteiger partial charge is 0.0989 e. The second-order valence-corrected chi connectivity index (χ2v) is 9.47. The van der Waals surface area contributed by atoms with Crippen molar-refractivity contribution in [2.75, 3.05) is 21.3 Å². The minimum absolute atomic E-state index is 0.392. The van der Waals surface area contributed by atoms with Crippen LogP contribution in [0.25, 0.3) is 0 Å². The highest BCUT2D eigenvalue weighted by Gasteiger charge is 2.48. The van der Waals surface area contributed by atoms with E-state index in [-0.39, 0.29) is 0 Å². The Morgan fingerprint density at radius 3 is 1.82 bits per heavy atom. The molecule has 3 atom stereocenters. The molecule has 3 saturated carbocycles. The van der Waals surface area contributed by atoms with E-state index in [0.29, 0.717) is 42.2 Å². The van der Waals surface area contributed by atoms with Gasteiger partial charge in [0.05, 0.1) is 24.1 Å². The normalized spacial score (nSPS) is 42.0. The summed E-state index contributed by atoms with van der Waals surface area (Å²) in [4.78, 5) is 2.67. The zero-order chi connectivity index (χ0) is 19.7. The lowest BCUT2D eigenvalue weighted by Gasteiger charge is -2.43. The van der Waals surface area contributed by atoms with Gasteiger partial charge in [-0.2, -0.15) is 0 Å². The summed E-state index contributed by atoms with van der Waals surface area (Å²) in [5, 5.41) is 0. The SMILES string of the molecule is COC1CCC(C2=C(N)N(C3CCC(OC)CC3)C3CCC(OC)CC23)CC1. The molecule has 3 fully saturated rings. The van der Waals surface area contributed by atoms with Crippen LogP contribution in [0, 0.1) is 11.8 Å². The van der Waals surface area contributed by atoms with Gasteiger partial charge < -0.3 is 24.8 Å². The van der Waals surface area contributed by atoms with Gasteiger partial charge in [0, 0.05) is 39.3 Å². The van der Waals surface area contributed by atoms with Crippen LogP contribution in [-0.4, -0.2) is 56.6 Å². The molecule has 0 radical (unpaired) electrons. The van der Waals surface area contributed by atoms with Crippen molar-refractivity contribution in [3.05, 3.63) is 11.4 Å². The molecular weight excluding hydrogens is 352 g/mol. The Kier molecular flexibility index (Phi) is 6.53. The number of fused-ring (bicyclic) bond motifs is 1. The highest BCUT2D eigenvalue weighted by molar-refractivity contribution is 5.29. The van der Waals surface area contributed by atoms with Gasteiger partial charge >= 0.3 is 0 Å². The summed E-state index contributed by atoms with van der Waals surface area (Å²) in [6.07, 6.45) is 14.3. The zero-order valence-corrected chi connectivity index (χ0v) is 18.1. The maximum atomic E-state index is 6.97.